The second kappa shape index (κ2) is 4.66. The van der Waals surface area contributed by atoms with Gasteiger partial charge in [-0.05, 0) is 53.1 Å². The molecular formula is C13H14IN3O2. The summed E-state index contributed by atoms with van der Waals surface area (Å²) in [6.45, 7) is 2.65. The predicted octanol–water partition coefficient (Wildman–Crippen LogP) is 3.23. The first-order valence-electron chi connectivity index (χ1n) is 6.19. The van der Waals surface area contributed by atoms with E-state index in [9.17, 15) is 9.90 Å². The van der Waals surface area contributed by atoms with Crippen molar-refractivity contribution in [3.05, 3.63) is 27.6 Å². The minimum absolute atomic E-state index is 0.155. The summed E-state index contributed by atoms with van der Waals surface area (Å²) in [4.78, 5) is 20.6. The molecule has 1 fully saturated rings. The molecular weight excluding hydrogens is 357 g/mol. The molecule has 2 aromatic rings. The zero-order valence-electron chi connectivity index (χ0n) is 10.4. The first-order chi connectivity index (χ1) is 9.04. The normalized spacial score (nSPS) is 23.2. The lowest BCUT2D eigenvalue weighted by Crippen LogP contribution is -2.29. The van der Waals surface area contributed by atoms with Gasteiger partial charge in [0.2, 0.25) is 0 Å². The second-order valence-corrected chi connectivity index (χ2v) is 6.32. The van der Waals surface area contributed by atoms with Crippen molar-refractivity contribution in [2.45, 2.75) is 19.4 Å². The van der Waals surface area contributed by atoms with Crippen molar-refractivity contribution in [1.29, 1.82) is 0 Å². The first-order valence-corrected chi connectivity index (χ1v) is 7.27. The number of carbonyl (C=O) groups is 1. The van der Waals surface area contributed by atoms with E-state index in [0.29, 0.717) is 12.5 Å². The third-order valence-corrected chi connectivity index (χ3v) is 4.21. The lowest BCUT2D eigenvalue weighted by Gasteiger charge is -2.19. The summed E-state index contributed by atoms with van der Waals surface area (Å²) in [5.41, 5.74) is 1.85. The third kappa shape index (κ3) is 2.29. The van der Waals surface area contributed by atoms with E-state index >= 15 is 0 Å². The monoisotopic (exact) mass is 371 g/mol. The number of nitrogens with zero attached hydrogens (tertiary/aromatic N) is 2. The average molecular weight is 371 g/mol. The number of benzene rings is 1. The van der Waals surface area contributed by atoms with Crippen LogP contribution in [0.1, 0.15) is 25.2 Å². The molecule has 0 radical (unpaired) electrons. The number of hydrogen-bond acceptors (Lipinski definition) is 2. The Bertz CT molecular complexity index is 640. The zero-order chi connectivity index (χ0) is 13.6. The highest BCUT2D eigenvalue weighted by molar-refractivity contribution is 14.1. The molecule has 1 aromatic heterocycles. The van der Waals surface area contributed by atoms with Gasteiger partial charge in [0.05, 0.1) is 17.1 Å². The summed E-state index contributed by atoms with van der Waals surface area (Å²) in [7, 11) is 0. The van der Waals surface area contributed by atoms with Gasteiger partial charge in [0.1, 0.15) is 5.82 Å². The number of carboxylic acid groups (broad SMARTS) is 1. The van der Waals surface area contributed by atoms with Gasteiger partial charge < -0.3 is 10.1 Å². The van der Waals surface area contributed by atoms with Crippen LogP contribution < -0.4 is 0 Å². The van der Waals surface area contributed by atoms with Crippen LogP contribution in [0.2, 0.25) is 0 Å². The summed E-state index contributed by atoms with van der Waals surface area (Å²) in [5.74, 6) is 1.12. The number of halogens is 1. The van der Waals surface area contributed by atoms with Gasteiger partial charge in [-0.1, -0.05) is 6.92 Å². The number of aromatic nitrogens is 2. The van der Waals surface area contributed by atoms with Crippen LogP contribution in [0.15, 0.2) is 18.2 Å². The van der Waals surface area contributed by atoms with Gasteiger partial charge in [-0.3, -0.25) is 4.90 Å². The first kappa shape index (κ1) is 12.7. The second-order valence-electron chi connectivity index (χ2n) is 5.08. The van der Waals surface area contributed by atoms with Crippen LogP contribution in [0.25, 0.3) is 11.0 Å². The average Bonchev–Trinajstić information content (AvgIpc) is 2.91. The SMILES string of the molecule is C[C@@H]1C[C@@H](c2nc3cc(I)ccc3[nH]2)N(C(=O)O)C1. The number of nitrogens with one attached hydrogen (secondary N) is 1. The fraction of sp³-hybridized carbons (Fsp3) is 0.385. The molecule has 0 saturated carbocycles. The third-order valence-electron chi connectivity index (χ3n) is 3.53. The van der Waals surface area contributed by atoms with Gasteiger partial charge in [0.25, 0.3) is 0 Å². The topological polar surface area (TPSA) is 69.2 Å². The van der Waals surface area contributed by atoms with Gasteiger partial charge in [-0.25, -0.2) is 9.78 Å². The van der Waals surface area contributed by atoms with E-state index in [1.165, 1.54) is 4.90 Å². The van der Waals surface area contributed by atoms with Crippen LogP contribution in [-0.2, 0) is 0 Å². The highest BCUT2D eigenvalue weighted by Crippen LogP contribution is 2.34. The lowest BCUT2D eigenvalue weighted by molar-refractivity contribution is 0.138. The van der Waals surface area contributed by atoms with Crippen molar-refractivity contribution in [2.75, 3.05) is 6.54 Å². The molecule has 0 spiro atoms. The number of fused-ring (bicyclic) bond motifs is 1. The Morgan fingerprint density at radius 3 is 3.11 bits per heavy atom. The molecule has 1 saturated heterocycles. The number of likely N-dealkylation sites (tertiary alicyclic amines) is 1. The molecule has 0 aliphatic carbocycles. The van der Waals surface area contributed by atoms with Crippen molar-refractivity contribution in [1.82, 2.24) is 14.9 Å². The highest BCUT2D eigenvalue weighted by Gasteiger charge is 2.35. The minimum Gasteiger partial charge on any atom is -0.465 e. The predicted molar refractivity (Wildman–Crippen MR) is 80.1 cm³/mol. The molecule has 1 aliphatic heterocycles. The van der Waals surface area contributed by atoms with E-state index in [2.05, 4.69) is 39.5 Å². The van der Waals surface area contributed by atoms with Gasteiger partial charge in [0, 0.05) is 10.1 Å². The Hall–Kier alpha value is -1.31. The van der Waals surface area contributed by atoms with Crippen molar-refractivity contribution in [2.24, 2.45) is 5.92 Å². The molecule has 2 atom stereocenters. The highest BCUT2D eigenvalue weighted by atomic mass is 127. The Labute approximate surface area is 124 Å². The number of H-pyrrole nitrogens is 1. The molecule has 0 bridgehead atoms. The fourth-order valence-electron chi connectivity index (χ4n) is 2.67. The Balaban J connectivity index is 2.01. The number of imidazole rings is 1. The number of rotatable bonds is 1. The van der Waals surface area contributed by atoms with Crippen LogP contribution >= 0.6 is 22.6 Å². The van der Waals surface area contributed by atoms with Crippen molar-refractivity contribution >= 4 is 39.7 Å². The summed E-state index contributed by atoms with van der Waals surface area (Å²) in [6.07, 6.45) is -0.0483. The standard InChI is InChI=1S/C13H14IN3O2/c1-7-4-11(17(6-7)13(18)19)12-15-9-3-2-8(14)5-10(9)16-12/h2-3,5,7,11H,4,6H2,1H3,(H,15,16)(H,18,19)/t7-,11+/m1/s1. The fourth-order valence-corrected chi connectivity index (χ4v) is 3.15. The minimum atomic E-state index is -0.871. The quantitative estimate of drug-likeness (QED) is 0.757. The number of aromatic amines is 1. The molecule has 0 unspecified atom stereocenters. The lowest BCUT2D eigenvalue weighted by atomic mass is 10.1. The van der Waals surface area contributed by atoms with Gasteiger partial charge >= 0.3 is 6.09 Å². The molecule has 2 N–H and O–H groups in total. The molecule has 5 nitrogen and oxygen atoms in total. The van der Waals surface area contributed by atoms with Crippen molar-refractivity contribution in [3.8, 4) is 0 Å². The van der Waals surface area contributed by atoms with Crippen LogP contribution in [0.3, 0.4) is 0 Å². The van der Waals surface area contributed by atoms with Gasteiger partial charge in [-0.2, -0.15) is 0 Å². The molecule has 2 heterocycles. The van der Waals surface area contributed by atoms with Crippen LogP contribution in [0, 0.1) is 9.49 Å². The maximum atomic E-state index is 11.3. The number of amides is 1. The van der Waals surface area contributed by atoms with Crippen molar-refractivity contribution < 1.29 is 9.90 Å². The van der Waals surface area contributed by atoms with Gasteiger partial charge in [-0.15, -0.1) is 0 Å². The van der Waals surface area contributed by atoms with Gasteiger partial charge in [0.15, 0.2) is 0 Å². The summed E-state index contributed by atoms with van der Waals surface area (Å²) >= 11 is 2.24. The van der Waals surface area contributed by atoms with E-state index < -0.39 is 6.09 Å². The van der Waals surface area contributed by atoms with E-state index in [1.54, 1.807) is 0 Å². The van der Waals surface area contributed by atoms with E-state index in [0.717, 1.165) is 26.8 Å². The maximum Gasteiger partial charge on any atom is 0.407 e. The number of hydrogen-bond donors (Lipinski definition) is 2. The molecule has 19 heavy (non-hydrogen) atoms. The Morgan fingerprint density at radius 1 is 1.58 bits per heavy atom. The smallest absolute Gasteiger partial charge is 0.407 e. The van der Waals surface area contributed by atoms with Crippen LogP contribution in [0.5, 0.6) is 0 Å². The summed E-state index contributed by atoms with van der Waals surface area (Å²) in [6, 6.07) is 5.84. The summed E-state index contributed by atoms with van der Waals surface area (Å²) < 4.78 is 1.12. The molecule has 1 amide bonds. The summed E-state index contributed by atoms with van der Waals surface area (Å²) in [5, 5.41) is 9.26. The van der Waals surface area contributed by atoms with E-state index in [1.807, 2.05) is 18.2 Å². The molecule has 100 valence electrons. The van der Waals surface area contributed by atoms with Crippen molar-refractivity contribution in [3.63, 3.8) is 0 Å². The van der Waals surface area contributed by atoms with Crippen LogP contribution in [-0.4, -0.2) is 32.6 Å². The van der Waals surface area contributed by atoms with E-state index in [4.69, 9.17) is 0 Å². The Kier molecular flexibility index (Phi) is 3.12. The van der Waals surface area contributed by atoms with E-state index in [-0.39, 0.29) is 6.04 Å². The molecule has 1 aliphatic rings. The molecule has 1 aromatic carbocycles. The van der Waals surface area contributed by atoms with Crippen LogP contribution in [0.4, 0.5) is 4.79 Å². The maximum absolute atomic E-state index is 11.3. The largest absolute Gasteiger partial charge is 0.465 e. The zero-order valence-corrected chi connectivity index (χ0v) is 12.6. The molecule has 3 rings (SSSR count). The molecule has 6 heteroatoms. The Morgan fingerprint density at radius 2 is 2.37 bits per heavy atom.